The number of benzene rings is 1. The van der Waals surface area contributed by atoms with E-state index in [9.17, 15) is 4.79 Å². The highest BCUT2D eigenvalue weighted by molar-refractivity contribution is 6.41. The Morgan fingerprint density at radius 3 is 2.59 bits per heavy atom. The largest absolute Gasteiger partial charge is 0.495 e. The number of aryl methyl sites for hydroxylation is 1. The van der Waals surface area contributed by atoms with Crippen molar-refractivity contribution in [3.05, 3.63) is 52.9 Å². The molecular weight excluding hydrogens is 519 g/mol. The fraction of sp³-hybridized carbons (Fsp3) is 0.280. The van der Waals surface area contributed by atoms with Crippen LogP contribution in [-0.4, -0.2) is 64.8 Å². The van der Waals surface area contributed by atoms with Crippen molar-refractivity contribution >= 4 is 51.7 Å². The van der Waals surface area contributed by atoms with Crippen molar-refractivity contribution < 1.29 is 23.1 Å². The van der Waals surface area contributed by atoms with Crippen molar-refractivity contribution in [2.24, 2.45) is 0 Å². The number of hydrogen-bond acceptors (Lipinski definition) is 8. The standard InChI is InChI=1S/C25H24Cl2N6O4/c1-5-19(34)30-15-10-37-11-16(15)31-25-28-8-13-6-14(24-29-12(2)9-33(24)23(13)32-25)20-21(26)17(35-3)7-18(36-4)22(20)27/h5-9,15-16H,1,10-11H2,2-4H3,(H,30,34)(H,28,31,32)/t15-,16+/m0/s1/i2D3. The summed E-state index contributed by atoms with van der Waals surface area (Å²) >= 11 is 13.4. The number of carbonyl (C=O) groups excluding carboxylic acids is 1. The van der Waals surface area contributed by atoms with Crippen LogP contribution in [-0.2, 0) is 9.53 Å². The van der Waals surface area contributed by atoms with Crippen molar-refractivity contribution in [2.75, 3.05) is 32.8 Å². The van der Waals surface area contributed by atoms with E-state index < -0.39 is 6.85 Å². The topological polar surface area (TPSA) is 112 Å². The molecule has 10 nitrogen and oxygen atoms in total. The molecule has 1 aliphatic rings. The van der Waals surface area contributed by atoms with Gasteiger partial charge in [0.1, 0.15) is 17.1 Å². The predicted octanol–water partition coefficient (Wildman–Crippen LogP) is 4.06. The van der Waals surface area contributed by atoms with Crippen molar-refractivity contribution in [1.82, 2.24) is 24.7 Å². The zero-order chi connectivity index (χ0) is 28.8. The van der Waals surface area contributed by atoms with Crippen LogP contribution in [0.4, 0.5) is 5.95 Å². The number of fused-ring (bicyclic) bond motifs is 3. The molecule has 5 rings (SSSR count). The summed E-state index contributed by atoms with van der Waals surface area (Å²) in [5.74, 6) is 0.550. The molecule has 0 bridgehead atoms. The number of halogens is 2. The Hall–Kier alpha value is -3.60. The van der Waals surface area contributed by atoms with Crippen LogP contribution in [0.1, 0.15) is 9.81 Å². The molecule has 12 heteroatoms. The van der Waals surface area contributed by atoms with E-state index >= 15 is 0 Å². The summed E-state index contributed by atoms with van der Waals surface area (Å²) in [6.07, 6.45) is 4.17. The number of rotatable bonds is 7. The molecular formula is C25H24Cl2N6O4. The van der Waals surface area contributed by atoms with Crippen LogP contribution < -0.4 is 20.1 Å². The fourth-order valence-electron chi connectivity index (χ4n) is 4.25. The Labute approximate surface area is 226 Å². The van der Waals surface area contributed by atoms with Gasteiger partial charge in [0.15, 0.2) is 5.65 Å². The Morgan fingerprint density at radius 1 is 1.19 bits per heavy atom. The first-order chi connectivity index (χ1) is 19.0. The van der Waals surface area contributed by atoms with Crippen molar-refractivity contribution in [1.29, 1.82) is 0 Å². The maximum atomic E-state index is 11.8. The molecule has 1 saturated heterocycles. The zero-order valence-electron chi connectivity index (χ0n) is 22.8. The fourth-order valence-corrected chi connectivity index (χ4v) is 4.95. The molecule has 37 heavy (non-hydrogen) atoms. The quantitative estimate of drug-likeness (QED) is 0.334. The molecule has 0 spiro atoms. The van der Waals surface area contributed by atoms with E-state index in [0.717, 1.165) is 0 Å². The summed E-state index contributed by atoms with van der Waals surface area (Å²) in [7, 11) is 2.92. The van der Waals surface area contributed by atoms with E-state index in [0.29, 0.717) is 46.9 Å². The lowest BCUT2D eigenvalue weighted by atomic mass is 10.0. The first-order valence-electron chi connectivity index (χ1n) is 12.6. The number of nitrogens with zero attached hydrogens (tertiary/aromatic N) is 4. The minimum Gasteiger partial charge on any atom is -0.495 e. The third-order valence-corrected chi connectivity index (χ3v) is 6.77. The highest BCUT2D eigenvalue weighted by atomic mass is 35.5. The maximum absolute atomic E-state index is 11.8. The van der Waals surface area contributed by atoms with E-state index in [1.165, 1.54) is 26.5 Å². The van der Waals surface area contributed by atoms with Crippen LogP contribution in [0.5, 0.6) is 11.5 Å². The van der Waals surface area contributed by atoms with Gasteiger partial charge in [-0.25, -0.2) is 9.97 Å². The van der Waals surface area contributed by atoms with Crippen molar-refractivity contribution in [3.63, 3.8) is 0 Å². The summed E-state index contributed by atoms with van der Waals surface area (Å²) in [5.41, 5.74) is 1.26. The lowest BCUT2D eigenvalue weighted by Crippen LogP contribution is -2.45. The highest BCUT2D eigenvalue weighted by Crippen LogP contribution is 2.47. The predicted molar refractivity (Wildman–Crippen MR) is 142 cm³/mol. The Kier molecular flexibility index (Phi) is 5.83. The van der Waals surface area contributed by atoms with E-state index in [2.05, 4.69) is 32.2 Å². The second kappa shape index (κ2) is 10.0. The molecule has 1 amide bonds. The number of ether oxygens (including phenoxy) is 3. The number of imidazole rings is 1. The van der Waals surface area contributed by atoms with Gasteiger partial charge in [0.2, 0.25) is 11.9 Å². The van der Waals surface area contributed by atoms with Gasteiger partial charge in [-0.3, -0.25) is 9.20 Å². The number of nitrogens with one attached hydrogen (secondary N) is 2. The van der Waals surface area contributed by atoms with Crippen LogP contribution in [0, 0.1) is 6.85 Å². The third kappa shape index (κ3) is 4.52. The molecule has 192 valence electrons. The van der Waals surface area contributed by atoms with Crippen LogP contribution in [0.15, 0.2) is 37.2 Å². The summed E-state index contributed by atoms with van der Waals surface area (Å²) in [6, 6.07) is 2.65. The lowest BCUT2D eigenvalue weighted by molar-refractivity contribution is -0.117. The molecule has 1 fully saturated rings. The molecule has 1 aromatic carbocycles. The van der Waals surface area contributed by atoms with E-state index in [-0.39, 0.29) is 45.3 Å². The van der Waals surface area contributed by atoms with Gasteiger partial charge in [0.25, 0.3) is 0 Å². The first kappa shape index (κ1) is 21.5. The Bertz CT molecular complexity index is 1620. The minimum absolute atomic E-state index is 0.145. The maximum Gasteiger partial charge on any atom is 0.243 e. The van der Waals surface area contributed by atoms with Crippen LogP contribution in [0.25, 0.3) is 27.8 Å². The summed E-state index contributed by atoms with van der Waals surface area (Å²) < 4.78 is 41.8. The van der Waals surface area contributed by atoms with Gasteiger partial charge in [-0.15, -0.1) is 0 Å². The monoisotopic (exact) mass is 545 g/mol. The first-order valence-corrected chi connectivity index (χ1v) is 11.9. The molecule has 0 saturated carbocycles. The van der Waals surface area contributed by atoms with Gasteiger partial charge in [0, 0.05) is 39.1 Å². The SMILES string of the molecule is [2H]C([2H])([2H])c1cn2c(n1)c(-c1c(Cl)c(OC)cc(OC)c1Cl)cc1cnc(N[C@@H]3COC[C@@H]3NC(=O)C=C)nc12. The Morgan fingerprint density at radius 2 is 1.92 bits per heavy atom. The number of aromatic nitrogens is 4. The van der Waals surface area contributed by atoms with E-state index in [1.54, 1.807) is 22.7 Å². The molecule has 1 aliphatic heterocycles. The number of hydrogen-bond donors (Lipinski definition) is 2. The molecule has 3 aromatic heterocycles. The normalized spacial score (nSPS) is 18.8. The van der Waals surface area contributed by atoms with Crippen molar-refractivity contribution in [3.8, 4) is 22.6 Å². The molecule has 4 heterocycles. The van der Waals surface area contributed by atoms with E-state index in [1.807, 2.05) is 0 Å². The van der Waals surface area contributed by atoms with Gasteiger partial charge in [-0.2, -0.15) is 4.98 Å². The average Bonchev–Trinajstić information content (AvgIpc) is 3.57. The van der Waals surface area contributed by atoms with Gasteiger partial charge in [-0.05, 0) is 19.0 Å². The Balaban J connectivity index is 1.69. The lowest BCUT2D eigenvalue weighted by Gasteiger charge is -2.20. The van der Waals surface area contributed by atoms with Crippen LogP contribution in [0.2, 0.25) is 10.0 Å². The molecule has 0 aliphatic carbocycles. The molecule has 0 radical (unpaired) electrons. The second-order valence-electron chi connectivity index (χ2n) is 8.24. The number of anilines is 1. The number of amides is 1. The number of methoxy groups -OCH3 is 2. The van der Waals surface area contributed by atoms with Crippen LogP contribution in [0.3, 0.4) is 0 Å². The van der Waals surface area contributed by atoms with Crippen LogP contribution >= 0.6 is 23.2 Å². The van der Waals surface area contributed by atoms with Gasteiger partial charge >= 0.3 is 0 Å². The third-order valence-electron chi connectivity index (χ3n) is 6.02. The summed E-state index contributed by atoms with van der Waals surface area (Å²) in [5, 5.41) is 6.95. The van der Waals surface area contributed by atoms with Crippen molar-refractivity contribution in [2.45, 2.75) is 18.9 Å². The summed E-state index contributed by atoms with van der Waals surface area (Å²) in [4.78, 5) is 25.3. The number of pyridine rings is 1. The van der Waals surface area contributed by atoms with Gasteiger partial charge in [-0.1, -0.05) is 29.8 Å². The number of carbonyl (C=O) groups is 1. The van der Waals surface area contributed by atoms with Gasteiger partial charge < -0.3 is 24.8 Å². The molecule has 2 atom stereocenters. The second-order valence-corrected chi connectivity index (χ2v) is 9.00. The zero-order valence-corrected chi connectivity index (χ0v) is 21.4. The highest BCUT2D eigenvalue weighted by Gasteiger charge is 2.30. The van der Waals surface area contributed by atoms with Gasteiger partial charge in [0.05, 0.1) is 55.3 Å². The van der Waals surface area contributed by atoms with E-state index in [4.69, 9.17) is 41.5 Å². The molecule has 4 aromatic rings. The minimum atomic E-state index is -2.50. The molecule has 0 unspecified atom stereocenters. The molecule has 2 N–H and O–H groups in total. The summed E-state index contributed by atoms with van der Waals surface area (Å²) in [6.45, 7) is 1.61. The smallest absolute Gasteiger partial charge is 0.243 e. The average molecular weight is 546 g/mol.